The molecule has 9 heteroatoms. The van der Waals surface area contributed by atoms with Gasteiger partial charge in [-0.3, -0.25) is 19.0 Å². The molecule has 0 aliphatic rings. The summed E-state index contributed by atoms with van der Waals surface area (Å²) >= 11 is 0. The summed E-state index contributed by atoms with van der Waals surface area (Å²) in [7, 11) is 1.27. The minimum atomic E-state index is -0.689. The van der Waals surface area contributed by atoms with Crippen LogP contribution in [0.1, 0.15) is 10.4 Å². The molecule has 0 aromatic carbocycles. The van der Waals surface area contributed by atoms with Crippen LogP contribution in [0.5, 0.6) is 0 Å². The quantitative estimate of drug-likeness (QED) is 0.679. The van der Waals surface area contributed by atoms with E-state index < -0.39 is 17.2 Å². The number of H-pyrrole nitrogens is 1. The van der Waals surface area contributed by atoms with Crippen molar-refractivity contribution >= 4 is 5.91 Å². The summed E-state index contributed by atoms with van der Waals surface area (Å²) in [5.41, 5.74) is -1.75. The summed E-state index contributed by atoms with van der Waals surface area (Å²) in [6.07, 6.45) is 2.52. The monoisotopic (exact) mass is 291 g/mol. The Kier molecular flexibility index (Phi) is 4.12. The van der Waals surface area contributed by atoms with Crippen LogP contribution in [0.3, 0.4) is 0 Å². The topological polar surface area (TPSA) is 119 Å². The van der Waals surface area contributed by atoms with Crippen LogP contribution >= 0.6 is 0 Å². The normalized spacial score (nSPS) is 10.3. The van der Waals surface area contributed by atoms with Gasteiger partial charge in [0.05, 0.1) is 6.54 Å². The molecular formula is C12H13N5O4. The van der Waals surface area contributed by atoms with Crippen molar-refractivity contribution in [1.82, 2.24) is 24.6 Å². The third-order valence-corrected chi connectivity index (χ3v) is 2.82. The molecule has 0 fully saturated rings. The van der Waals surface area contributed by atoms with E-state index in [0.717, 1.165) is 10.8 Å². The van der Waals surface area contributed by atoms with E-state index in [9.17, 15) is 19.2 Å². The summed E-state index contributed by atoms with van der Waals surface area (Å²) in [5.74, 6) is -0.629. The Hall–Kier alpha value is -2.97. The lowest BCUT2D eigenvalue weighted by molar-refractivity contribution is 0.0949. The third kappa shape index (κ3) is 3.14. The highest BCUT2D eigenvalue weighted by Gasteiger charge is 2.12. The molecule has 0 saturated heterocycles. The lowest BCUT2D eigenvalue weighted by Gasteiger charge is -2.06. The van der Waals surface area contributed by atoms with Gasteiger partial charge in [0.2, 0.25) is 0 Å². The minimum Gasteiger partial charge on any atom is -0.350 e. The molecule has 0 radical (unpaired) electrons. The fraction of sp³-hybridized carbons (Fsp3) is 0.250. The van der Waals surface area contributed by atoms with Crippen molar-refractivity contribution in [3.63, 3.8) is 0 Å². The van der Waals surface area contributed by atoms with Crippen LogP contribution in [-0.2, 0) is 13.6 Å². The number of carbonyl (C=O) groups excluding carboxylic acids is 1. The van der Waals surface area contributed by atoms with Crippen molar-refractivity contribution in [2.75, 3.05) is 6.54 Å². The van der Waals surface area contributed by atoms with Crippen LogP contribution in [0.4, 0.5) is 0 Å². The Morgan fingerprint density at radius 3 is 2.86 bits per heavy atom. The maximum absolute atomic E-state index is 11.8. The highest BCUT2D eigenvalue weighted by Crippen LogP contribution is 1.86. The molecule has 21 heavy (non-hydrogen) atoms. The predicted molar refractivity (Wildman–Crippen MR) is 73.1 cm³/mol. The van der Waals surface area contributed by atoms with Crippen LogP contribution < -0.4 is 22.1 Å². The van der Waals surface area contributed by atoms with Gasteiger partial charge in [-0.25, -0.2) is 9.48 Å². The number of carbonyl (C=O) groups is 1. The van der Waals surface area contributed by atoms with Gasteiger partial charge in [0.15, 0.2) is 0 Å². The van der Waals surface area contributed by atoms with E-state index in [1.807, 2.05) is 0 Å². The Labute approximate surface area is 117 Å². The second kappa shape index (κ2) is 5.99. The lowest BCUT2D eigenvalue weighted by atomic mass is 10.3. The first-order valence-corrected chi connectivity index (χ1v) is 6.10. The molecule has 0 bridgehead atoms. The molecule has 110 valence electrons. The van der Waals surface area contributed by atoms with E-state index in [-0.39, 0.29) is 24.2 Å². The number of amides is 1. The molecule has 2 aromatic rings. The maximum Gasteiger partial charge on any atom is 0.328 e. The van der Waals surface area contributed by atoms with Gasteiger partial charge in [-0.1, -0.05) is 0 Å². The number of hydrogen-bond acceptors (Lipinski definition) is 5. The fourth-order valence-electron chi connectivity index (χ4n) is 1.65. The molecule has 0 atom stereocenters. The molecule has 0 saturated carbocycles. The second-order valence-electron chi connectivity index (χ2n) is 4.21. The van der Waals surface area contributed by atoms with Crippen LogP contribution in [-0.4, -0.2) is 31.8 Å². The van der Waals surface area contributed by atoms with Gasteiger partial charge >= 0.3 is 5.69 Å². The molecule has 0 unspecified atom stereocenters. The van der Waals surface area contributed by atoms with Crippen LogP contribution in [0.15, 0.2) is 38.9 Å². The molecular weight excluding hydrogens is 278 g/mol. The first kappa shape index (κ1) is 14.4. The van der Waals surface area contributed by atoms with E-state index in [1.165, 1.54) is 30.1 Å². The lowest BCUT2D eigenvalue weighted by Crippen LogP contribution is -2.40. The molecule has 2 rings (SSSR count). The van der Waals surface area contributed by atoms with Crippen molar-refractivity contribution in [2.24, 2.45) is 7.05 Å². The van der Waals surface area contributed by atoms with Crippen molar-refractivity contribution in [3.8, 4) is 0 Å². The van der Waals surface area contributed by atoms with Gasteiger partial charge in [-0.2, -0.15) is 5.10 Å². The van der Waals surface area contributed by atoms with Crippen LogP contribution in [0.2, 0.25) is 0 Å². The van der Waals surface area contributed by atoms with E-state index in [4.69, 9.17) is 0 Å². The summed E-state index contributed by atoms with van der Waals surface area (Å²) in [5, 5.41) is 6.32. The van der Waals surface area contributed by atoms with Gasteiger partial charge in [0.25, 0.3) is 17.0 Å². The van der Waals surface area contributed by atoms with Crippen molar-refractivity contribution in [1.29, 1.82) is 0 Å². The zero-order chi connectivity index (χ0) is 15.4. The summed E-state index contributed by atoms with van der Waals surface area (Å²) in [4.78, 5) is 48.4. The SMILES string of the molecule is Cn1c(=O)[nH]cc(C(=O)NCCn2ncccc2=O)c1=O. The van der Waals surface area contributed by atoms with E-state index >= 15 is 0 Å². The highest BCUT2D eigenvalue weighted by atomic mass is 16.2. The van der Waals surface area contributed by atoms with E-state index in [2.05, 4.69) is 15.4 Å². The first-order chi connectivity index (χ1) is 10.0. The Balaban J connectivity index is 2.05. The zero-order valence-electron chi connectivity index (χ0n) is 11.2. The Bertz CT molecular complexity index is 832. The maximum atomic E-state index is 11.8. The minimum absolute atomic E-state index is 0.123. The van der Waals surface area contributed by atoms with Crippen LogP contribution in [0.25, 0.3) is 0 Å². The van der Waals surface area contributed by atoms with E-state index in [1.54, 1.807) is 0 Å². The molecule has 2 N–H and O–H groups in total. The van der Waals surface area contributed by atoms with Crippen LogP contribution in [0, 0.1) is 0 Å². The summed E-state index contributed by atoms with van der Waals surface area (Å²) < 4.78 is 1.99. The zero-order valence-corrected chi connectivity index (χ0v) is 11.2. The van der Waals surface area contributed by atoms with Gasteiger partial charge < -0.3 is 10.3 Å². The summed E-state index contributed by atoms with van der Waals surface area (Å²) in [6.45, 7) is 0.299. The van der Waals surface area contributed by atoms with Gasteiger partial charge in [0.1, 0.15) is 5.56 Å². The molecule has 0 spiro atoms. The molecule has 1 amide bonds. The van der Waals surface area contributed by atoms with Crippen molar-refractivity contribution in [2.45, 2.75) is 6.54 Å². The van der Waals surface area contributed by atoms with Gasteiger partial charge in [-0.15, -0.1) is 0 Å². The highest BCUT2D eigenvalue weighted by molar-refractivity contribution is 5.93. The molecule has 0 aliphatic carbocycles. The number of hydrogen-bond donors (Lipinski definition) is 2. The van der Waals surface area contributed by atoms with Gasteiger partial charge in [0, 0.05) is 32.1 Å². The smallest absolute Gasteiger partial charge is 0.328 e. The van der Waals surface area contributed by atoms with E-state index in [0.29, 0.717) is 0 Å². The Morgan fingerprint density at radius 2 is 2.14 bits per heavy atom. The molecule has 2 aromatic heterocycles. The molecule has 2 heterocycles. The predicted octanol–water partition coefficient (Wildman–Crippen LogP) is -1.94. The largest absolute Gasteiger partial charge is 0.350 e. The number of nitrogens with one attached hydrogen (secondary N) is 2. The second-order valence-corrected chi connectivity index (χ2v) is 4.21. The molecule has 0 aliphatic heterocycles. The standard InChI is InChI=1S/C12H13N5O4/c1-16-11(20)8(7-14-12(16)21)10(19)13-5-6-17-9(18)3-2-4-15-17/h2-4,7H,5-6H2,1H3,(H,13,19)(H,14,21). The number of aromatic amines is 1. The Morgan fingerprint density at radius 1 is 1.38 bits per heavy atom. The third-order valence-electron chi connectivity index (χ3n) is 2.82. The fourth-order valence-corrected chi connectivity index (χ4v) is 1.65. The number of rotatable bonds is 4. The summed E-state index contributed by atoms with van der Waals surface area (Å²) in [6, 6.07) is 2.87. The number of nitrogens with zero attached hydrogens (tertiary/aromatic N) is 3. The van der Waals surface area contributed by atoms with Gasteiger partial charge in [-0.05, 0) is 6.07 Å². The first-order valence-electron chi connectivity index (χ1n) is 6.10. The average Bonchev–Trinajstić information content (AvgIpc) is 2.47. The average molecular weight is 291 g/mol. The van der Waals surface area contributed by atoms with Crippen molar-refractivity contribution in [3.05, 3.63) is 61.3 Å². The van der Waals surface area contributed by atoms with Crippen molar-refractivity contribution < 1.29 is 4.79 Å². The number of aromatic nitrogens is 4. The molecule has 9 nitrogen and oxygen atoms in total.